The van der Waals surface area contributed by atoms with Crippen LogP contribution in [-0.2, 0) is 6.42 Å². The van der Waals surface area contributed by atoms with E-state index in [1.54, 1.807) is 0 Å². The van der Waals surface area contributed by atoms with Crippen LogP contribution < -0.4 is 5.73 Å². The fourth-order valence-electron chi connectivity index (χ4n) is 2.35. The Bertz CT molecular complexity index is 369. The molecule has 0 radical (unpaired) electrons. The molecular weight excluding hydrogens is 234 g/mol. The van der Waals surface area contributed by atoms with Gasteiger partial charge < -0.3 is 5.73 Å². The van der Waals surface area contributed by atoms with Crippen LogP contribution in [0.15, 0.2) is 24.3 Å². The summed E-state index contributed by atoms with van der Waals surface area (Å²) >= 11 is 0. The van der Waals surface area contributed by atoms with E-state index < -0.39 is 0 Å². The highest BCUT2D eigenvalue weighted by atomic mass is 16.1. The van der Waals surface area contributed by atoms with E-state index in [0.29, 0.717) is 18.9 Å². The lowest BCUT2D eigenvalue weighted by atomic mass is 9.91. The molecular formula is C17H27NO. The smallest absolute Gasteiger partial charge is 0.163 e. The molecule has 106 valence electrons. The summed E-state index contributed by atoms with van der Waals surface area (Å²) in [6, 6.07) is 7.93. The Morgan fingerprint density at radius 3 is 2.42 bits per heavy atom. The van der Waals surface area contributed by atoms with E-state index in [4.69, 9.17) is 5.73 Å². The zero-order valence-electron chi connectivity index (χ0n) is 12.3. The molecule has 1 unspecified atom stereocenters. The Morgan fingerprint density at radius 2 is 1.89 bits per heavy atom. The van der Waals surface area contributed by atoms with E-state index in [1.165, 1.54) is 24.8 Å². The largest absolute Gasteiger partial charge is 0.330 e. The van der Waals surface area contributed by atoms with Gasteiger partial charge in [-0.3, -0.25) is 4.79 Å². The van der Waals surface area contributed by atoms with Gasteiger partial charge in [0.2, 0.25) is 0 Å². The maximum absolute atomic E-state index is 12.2. The van der Waals surface area contributed by atoms with E-state index in [9.17, 15) is 4.79 Å². The highest BCUT2D eigenvalue weighted by molar-refractivity contribution is 5.96. The number of hydrogen-bond acceptors (Lipinski definition) is 2. The molecule has 0 saturated carbocycles. The Balaban J connectivity index is 2.56. The van der Waals surface area contributed by atoms with Crippen LogP contribution in [0.2, 0.25) is 0 Å². The van der Waals surface area contributed by atoms with Crippen molar-refractivity contribution in [2.45, 2.75) is 52.4 Å². The Labute approximate surface area is 117 Å². The molecule has 0 saturated heterocycles. The normalized spacial score (nSPS) is 12.4. The highest BCUT2D eigenvalue weighted by Gasteiger charge is 2.13. The van der Waals surface area contributed by atoms with Crippen molar-refractivity contribution in [2.24, 2.45) is 11.7 Å². The zero-order chi connectivity index (χ0) is 14.1. The number of benzene rings is 1. The van der Waals surface area contributed by atoms with Crippen LogP contribution in [0.5, 0.6) is 0 Å². The molecule has 2 heteroatoms. The maximum atomic E-state index is 12.2. The van der Waals surface area contributed by atoms with Crippen molar-refractivity contribution in [3.8, 4) is 0 Å². The average Bonchev–Trinajstić information content (AvgIpc) is 2.44. The lowest BCUT2D eigenvalue weighted by Gasteiger charge is -2.13. The minimum atomic E-state index is 0.280. The van der Waals surface area contributed by atoms with Gasteiger partial charge in [0, 0.05) is 12.0 Å². The SMILES string of the molecule is CCCCC(CC)CC(=O)c1ccc(CCN)cc1. The van der Waals surface area contributed by atoms with Gasteiger partial charge in [-0.25, -0.2) is 0 Å². The van der Waals surface area contributed by atoms with Gasteiger partial charge in [-0.15, -0.1) is 0 Å². The molecule has 1 rings (SSSR count). The van der Waals surface area contributed by atoms with Gasteiger partial charge in [0.15, 0.2) is 5.78 Å². The van der Waals surface area contributed by atoms with Crippen molar-refractivity contribution in [1.29, 1.82) is 0 Å². The van der Waals surface area contributed by atoms with Crippen LogP contribution in [0.3, 0.4) is 0 Å². The third-order valence-corrected chi connectivity index (χ3v) is 3.73. The number of ketones is 1. The van der Waals surface area contributed by atoms with Gasteiger partial charge in [0.05, 0.1) is 0 Å². The second kappa shape index (κ2) is 8.87. The first-order chi connectivity index (χ1) is 9.21. The quantitative estimate of drug-likeness (QED) is 0.683. The van der Waals surface area contributed by atoms with Gasteiger partial charge in [0.1, 0.15) is 0 Å². The van der Waals surface area contributed by atoms with Gasteiger partial charge >= 0.3 is 0 Å². The van der Waals surface area contributed by atoms with Crippen molar-refractivity contribution in [2.75, 3.05) is 6.54 Å². The fraction of sp³-hybridized carbons (Fsp3) is 0.588. The number of carbonyl (C=O) groups excluding carboxylic acids is 1. The predicted molar refractivity (Wildman–Crippen MR) is 81.5 cm³/mol. The molecule has 1 aromatic rings. The highest BCUT2D eigenvalue weighted by Crippen LogP contribution is 2.19. The summed E-state index contributed by atoms with van der Waals surface area (Å²) in [5.41, 5.74) is 7.57. The second-order valence-corrected chi connectivity index (χ2v) is 5.28. The summed E-state index contributed by atoms with van der Waals surface area (Å²) in [6.45, 7) is 5.03. The molecule has 0 heterocycles. The maximum Gasteiger partial charge on any atom is 0.163 e. The molecule has 0 aromatic heterocycles. The third-order valence-electron chi connectivity index (χ3n) is 3.73. The van der Waals surface area contributed by atoms with Gasteiger partial charge in [0.25, 0.3) is 0 Å². The van der Waals surface area contributed by atoms with Crippen molar-refractivity contribution >= 4 is 5.78 Å². The van der Waals surface area contributed by atoms with E-state index in [0.717, 1.165) is 18.4 Å². The van der Waals surface area contributed by atoms with Crippen molar-refractivity contribution in [3.63, 3.8) is 0 Å². The zero-order valence-corrected chi connectivity index (χ0v) is 12.3. The lowest BCUT2D eigenvalue weighted by Crippen LogP contribution is -2.09. The van der Waals surface area contributed by atoms with Crippen LogP contribution in [0.4, 0.5) is 0 Å². The average molecular weight is 261 g/mol. The van der Waals surface area contributed by atoms with Crippen molar-refractivity contribution in [1.82, 2.24) is 0 Å². The fourth-order valence-corrected chi connectivity index (χ4v) is 2.35. The van der Waals surface area contributed by atoms with E-state index in [2.05, 4.69) is 13.8 Å². The first kappa shape index (κ1) is 15.9. The van der Waals surface area contributed by atoms with Gasteiger partial charge in [-0.2, -0.15) is 0 Å². The second-order valence-electron chi connectivity index (χ2n) is 5.28. The monoisotopic (exact) mass is 261 g/mol. The molecule has 1 atom stereocenters. The Kier molecular flexibility index (Phi) is 7.42. The minimum Gasteiger partial charge on any atom is -0.330 e. The summed E-state index contributed by atoms with van der Waals surface area (Å²) in [7, 11) is 0. The number of hydrogen-bond donors (Lipinski definition) is 1. The van der Waals surface area contributed by atoms with Crippen molar-refractivity contribution < 1.29 is 4.79 Å². The van der Waals surface area contributed by atoms with Crippen LogP contribution in [0, 0.1) is 5.92 Å². The predicted octanol–water partition coefficient (Wildman–Crippen LogP) is 3.98. The first-order valence-corrected chi connectivity index (χ1v) is 7.53. The molecule has 0 aliphatic heterocycles. The van der Waals surface area contributed by atoms with Crippen LogP contribution >= 0.6 is 0 Å². The van der Waals surface area contributed by atoms with E-state index >= 15 is 0 Å². The summed E-state index contributed by atoms with van der Waals surface area (Å²) in [5, 5.41) is 0. The summed E-state index contributed by atoms with van der Waals surface area (Å²) in [5.74, 6) is 0.818. The molecule has 0 fully saturated rings. The topological polar surface area (TPSA) is 43.1 Å². The van der Waals surface area contributed by atoms with Gasteiger partial charge in [-0.1, -0.05) is 63.8 Å². The van der Waals surface area contributed by atoms with Crippen LogP contribution in [0.1, 0.15) is 61.9 Å². The molecule has 0 bridgehead atoms. The molecule has 0 amide bonds. The Morgan fingerprint density at radius 1 is 1.21 bits per heavy atom. The molecule has 0 spiro atoms. The number of carbonyl (C=O) groups is 1. The van der Waals surface area contributed by atoms with Crippen LogP contribution in [-0.4, -0.2) is 12.3 Å². The lowest BCUT2D eigenvalue weighted by molar-refractivity contribution is 0.0957. The molecule has 0 aliphatic carbocycles. The molecule has 2 N–H and O–H groups in total. The van der Waals surface area contributed by atoms with E-state index in [-0.39, 0.29) is 5.78 Å². The number of nitrogens with two attached hydrogens (primary N) is 1. The molecule has 1 aromatic carbocycles. The minimum absolute atomic E-state index is 0.280. The van der Waals surface area contributed by atoms with E-state index in [1.807, 2.05) is 24.3 Å². The summed E-state index contributed by atoms with van der Waals surface area (Å²) in [6.07, 6.45) is 6.26. The number of rotatable bonds is 9. The molecule has 19 heavy (non-hydrogen) atoms. The van der Waals surface area contributed by atoms with Gasteiger partial charge in [-0.05, 0) is 24.4 Å². The number of Topliss-reactive ketones (excluding diaryl/α,β-unsaturated/α-hetero) is 1. The molecule has 2 nitrogen and oxygen atoms in total. The first-order valence-electron chi connectivity index (χ1n) is 7.53. The molecule has 0 aliphatic rings. The van der Waals surface area contributed by atoms with Crippen molar-refractivity contribution in [3.05, 3.63) is 35.4 Å². The van der Waals surface area contributed by atoms with Crippen LogP contribution in [0.25, 0.3) is 0 Å². The summed E-state index contributed by atoms with van der Waals surface area (Å²) in [4.78, 5) is 12.2. The summed E-state index contributed by atoms with van der Waals surface area (Å²) < 4.78 is 0. The third kappa shape index (κ3) is 5.56. The standard InChI is InChI=1S/C17H27NO/c1-3-5-6-14(4-2)13-17(19)16-9-7-15(8-10-16)11-12-18/h7-10,14H,3-6,11-13,18H2,1-2H3. The number of unbranched alkanes of at least 4 members (excludes halogenated alkanes) is 1. The Hall–Kier alpha value is -1.15.